The first-order chi connectivity index (χ1) is 9.56. The molecule has 0 unspecified atom stereocenters. The van der Waals surface area contributed by atoms with E-state index in [1.54, 1.807) is 25.1 Å². The molecule has 0 saturated heterocycles. The lowest BCUT2D eigenvalue weighted by molar-refractivity contribution is -0.123. The number of rotatable bonds is 5. The number of carbonyl (C=O) groups excluding carboxylic acids is 2. The van der Waals surface area contributed by atoms with E-state index >= 15 is 0 Å². The Labute approximate surface area is 115 Å². The van der Waals surface area contributed by atoms with Crippen molar-refractivity contribution in [2.45, 2.75) is 20.4 Å². The number of furan rings is 1. The molecule has 0 bridgehead atoms. The summed E-state index contributed by atoms with van der Waals surface area (Å²) >= 11 is 0. The van der Waals surface area contributed by atoms with Gasteiger partial charge >= 0.3 is 0 Å². The molecule has 0 aliphatic heterocycles. The molecule has 0 saturated carbocycles. The highest BCUT2D eigenvalue weighted by Gasteiger charge is 2.18. The van der Waals surface area contributed by atoms with Crippen molar-refractivity contribution >= 4 is 17.6 Å². The molecule has 1 N–H and O–H groups in total. The Hall–Kier alpha value is -2.57. The van der Waals surface area contributed by atoms with Crippen LogP contribution < -0.4 is 10.2 Å². The van der Waals surface area contributed by atoms with E-state index in [0.717, 1.165) is 0 Å². The number of aromatic nitrogens is 1. The number of nitrogens with one attached hydrogen (secondary N) is 1. The van der Waals surface area contributed by atoms with Crippen molar-refractivity contribution in [3.05, 3.63) is 36.0 Å². The van der Waals surface area contributed by atoms with E-state index in [2.05, 4.69) is 10.5 Å². The number of amides is 2. The van der Waals surface area contributed by atoms with E-state index in [0.29, 0.717) is 17.3 Å². The van der Waals surface area contributed by atoms with Gasteiger partial charge in [-0.25, -0.2) is 0 Å². The van der Waals surface area contributed by atoms with Crippen LogP contribution in [0.25, 0.3) is 0 Å². The van der Waals surface area contributed by atoms with Gasteiger partial charge in [0.25, 0.3) is 0 Å². The van der Waals surface area contributed by atoms with Crippen LogP contribution in [-0.4, -0.2) is 23.5 Å². The van der Waals surface area contributed by atoms with Gasteiger partial charge < -0.3 is 14.3 Å². The minimum absolute atomic E-state index is 0.123. The molecule has 0 fully saturated rings. The zero-order valence-electron chi connectivity index (χ0n) is 11.3. The SMILES string of the molecule is CC(=O)N(CC(=O)NCc1ccco1)c1cc(C)on1. The van der Waals surface area contributed by atoms with Crippen molar-refractivity contribution in [2.24, 2.45) is 0 Å². The van der Waals surface area contributed by atoms with Crippen LogP contribution in [0.4, 0.5) is 5.82 Å². The number of anilines is 1. The Morgan fingerprint density at radius 3 is 2.80 bits per heavy atom. The normalized spacial score (nSPS) is 10.3. The average Bonchev–Trinajstić information content (AvgIpc) is 3.04. The van der Waals surface area contributed by atoms with E-state index in [9.17, 15) is 9.59 Å². The summed E-state index contributed by atoms with van der Waals surface area (Å²) in [6.07, 6.45) is 1.53. The maximum absolute atomic E-state index is 11.8. The Balaban J connectivity index is 1.94. The molecule has 2 aromatic rings. The molecular formula is C13H15N3O4. The minimum Gasteiger partial charge on any atom is -0.467 e. The summed E-state index contributed by atoms with van der Waals surface area (Å²) < 4.78 is 10.0. The molecule has 2 amide bonds. The first kappa shape index (κ1) is 13.9. The average molecular weight is 277 g/mol. The van der Waals surface area contributed by atoms with E-state index in [-0.39, 0.29) is 24.9 Å². The number of hydrogen-bond acceptors (Lipinski definition) is 5. The second kappa shape index (κ2) is 6.05. The first-order valence-corrected chi connectivity index (χ1v) is 6.07. The Morgan fingerprint density at radius 1 is 1.45 bits per heavy atom. The first-order valence-electron chi connectivity index (χ1n) is 6.07. The molecule has 106 valence electrons. The molecule has 2 heterocycles. The number of nitrogens with zero attached hydrogens (tertiary/aromatic N) is 2. The summed E-state index contributed by atoms with van der Waals surface area (Å²) in [7, 11) is 0. The van der Waals surface area contributed by atoms with Crippen LogP contribution in [-0.2, 0) is 16.1 Å². The lowest BCUT2D eigenvalue weighted by Gasteiger charge is -2.16. The van der Waals surface area contributed by atoms with Gasteiger partial charge in [0, 0.05) is 13.0 Å². The second-order valence-corrected chi connectivity index (χ2v) is 4.26. The number of hydrogen-bond donors (Lipinski definition) is 1. The summed E-state index contributed by atoms with van der Waals surface area (Å²) in [5, 5.41) is 6.39. The lowest BCUT2D eigenvalue weighted by Crippen LogP contribution is -2.39. The van der Waals surface area contributed by atoms with Crippen molar-refractivity contribution in [1.29, 1.82) is 0 Å². The summed E-state index contributed by atoms with van der Waals surface area (Å²) in [5.74, 6) is 0.944. The highest BCUT2D eigenvalue weighted by atomic mass is 16.5. The molecule has 0 aliphatic rings. The second-order valence-electron chi connectivity index (χ2n) is 4.26. The van der Waals surface area contributed by atoms with Crippen LogP contribution in [0.5, 0.6) is 0 Å². The predicted octanol–water partition coefficient (Wildman–Crippen LogP) is 1.25. The zero-order chi connectivity index (χ0) is 14.5. The maximum atomic E-state index is 11.8. The lowest BCUT2D eigenvalue weighted by atomic mass is 10.4. The van der Waals surface area contributed by atoms with E-state index in [1.807, 2.05) is 0 Å². The minimum atomic E-state index is -0.308. The summed E-state index contributed by atoms with van der Waals surface area (Å²) in [6.45, 7) is 3.23. The van der Waals surface area contributed by atoms with Crippen molar-refractivity contribution in [1.82, 2.24) is 10.5 Å². The zero-order valence-corrected chi connectivity index (χ0v) is 11.3. The fourth-order valence-corrected chi connectivity index (χ4v) is 1.63. The standard InChI is InChI=1S/C13H15N3O4/c1-9-6-12(15-20-9)16(10(2)17)8-13(18)14-7-11-4-3-5-19-11/h3-6H,7-8H2,1-2H3,(H,14,18). The van der Waals surface area contributed by atoms with Crippen LogP contribution in [0.15, 0.2) is 33.4 Å². The largest absolute Gasteiger partial charge is 0.467 e. The molecule has 0 radical (unpaired) electrons. The van der Waals surface area contributed by atoms with Crippen molar-refractivity contribution in [3.63, 3.8) is 0 Å². The summed E-state index contributed by atoms with van der Waals surface area (Å²) in [6, 6.07) is 5.09. The topological polar surface area (TPSA) is 88.6 Å². The Kier molecular flexibility index (Phi) is 4.19. The van der Waals surface area contributed by atoms with E-state index < -0.39 is 0 Å². The third-order valence-electron chi connectivity index (χ3n) is 2.61. The Morgan fingerprint density at radius 2 is 2.25 bits per heavy atom. The highest BCUT2D eigenvalue weighted by Crippen LogP contribution is 2.13. The molecule has 0 aromatic carbocycles. The van der Waals surface area contributed by atoms with Crippen LogP contribution >= 0.6 is 0 Å². The van der Waals surface area contributed by atoms with Gasteiger partial charge in [0.1, 0.15) is 18.1 Å². The molecule has 20 heavy (non-hydrogen) atoms. The van der Waals surface area contributed by atoms with Gasteiger partial charge in [-0.2, -0.15) is 0 Å². The van der Waals surface area contributed by atoms with Crippen molar-refractivity contribution in [2.75, 3.05) is 11.4 Å². The molecule has 2 rings (SSSR count). The third-order valence-corrected chi connectivity index (χ3v) is 2.61. The molecule has 0 aliphatic carbocycles. The fraction of sp³-hybridized carbons (Fsp3) is 0.308. The molecule has 7 nitrogen and oxygen atoms in total. The van der Waals surface area contributed by atoms with E-state index in [1.165, 1.54) is 18.1 Å². The van der Waals surface area contributed by atoms with Crippen LogP contribution in [0.2, 0.25) is 0 Å². The Bertz CT molecular complexity index is 589. The van der Waals surface area contributed by atoms with Gasteiger partial charge in [0.15, 0.2) is 5.82 Å². The third kappa shape index (κ3) is 3.47. The molecule has 0 atom stereocenters. The fourth-order valence-electron chi connectivity index (χ4n) is 1.63. The van der Waals surface area contributed by atoms with Gasteiger partial charge in [-0.05, 0) is 19.1 Å². The van der Waals surface area contributed by atoms with Crippen LogP contribution in [0.1, 0.15) is 18.4 Å². The summed E-state index contributed by atoms with van der Waals surface area (Å²) in [4.78, 5) is 24.6. The van der Waals surface area contributed by atoms with Crippen molar-refractivity contribution in [3.8, 4) is 0 Å². The molecule has 2 aromatic heterocycles. The van der Waals surface area contributed by atoms with Gasteiger partial charge in [0.05, 0.1) is 12.8 Å². The summed E-state index contributed by atoms with van der Waals surface area (Å²) in [5.41, 5.74) is 0. The molecular weight excluding hydrogens is 262 g/mol. The molecule has 7 heteroatoms. The van der Waals surface area contributed by atoms with Crippen LogP contribution in [0.3, 0.4) is 0 Å². The monoisotopic (exact) mass is 277 g/mol. The van der Waals surface area contributed by atoms with Gasteiger partial charge in [-0.3, -0.25) is 14.5 Å². The van der Waals surface area contributed by atoms with Gasteiger partial charge in [0.2, 0.25) is 11.8 Å². The van der Waals surface area contributed by atoms with Crippen molar-refractivity contribution < 1.29 is 18.5 Å². The predicted molar refractivity (Wildman–Crippen MR) is 69.8 cm³/mol. The smallest absolute Gasteiger partial charge is 0.240 e. The van der Waals surface area contributed by atoms with E-state index in [4.69, 9.17) is 8.94 Å². The highest BCUT2D eigenvalue weighted by molar-refractivity contribution is 5.96. The maximum Gasteiger partial charge on any atom is 0.240 e. The quantitative estimate of drug-likeness (QED) is 0.888. The van der Waals surface area contributed by atoms with Crippen LogP contribution in [0, 0.1) is 6.92 Å². The van der Waals surface area contributed by atoms with Gasteiger partial charge in [-0.1, -0.05) is 5.16 Å². The number of aryl methyl sites for hydroxylation is 1. The number of carbonyl (C=O) groups is 2. The molecule has 0 spiro atoms. The van der Waals surface area contributed by atoms with Gasteiger partial charge in [-0.15, -0.1) is 0 Å².